The minimum atomic E-state index is -3.34. The highest BCUT2D eigenvalue weighted by Gasteiger charge is 2.41. The molecule has 0 aliphatic carbocycles. The van der Waals surface area contributed by atoms with Gasteiger partial charge < -0.3 is 9.64 Å². The molecule has 0 aromatic heterocycles. The molecular formula is C20H29N3O4S. The first-order valence-electron chi connectivity index (χ1n) is 10.2. The van der Waals surface area contributed by atoms with Crippen molar-refractivity contribution in [3.05, 3.63) is 35.9 Å². The van der Waals surface area contributed by atoms with Gasteiger partial charge in [-0.25, -0.2) is 13.1 Å². The molecule has 0 radical (unpaired) electrons. The highest BCUT2D eigenvalue weighted by atomic mass is 32.2. The molecular weight excluding hydrogens is 378 g/mol. The third kappa shape index (κ3) is 4.56. The second kappa shape index (κ2) is 8.49. The van der Waals surface area contributed by atoms with Crippen LogP contribution in [0.1, 0.15) is 36.0 Å². The van der Waals surface area contributed by atoms with Crippen LogP contribution in [0.4, 0.5) is 0 Å². The molecule has 1 aromatic rings. The Balaban J connectivity index is 1.34. The van der Waals surface area contributed by atoms with Crippen LogP contribution in [0.25, 0.3) is 0 Å². The van der Waals surface area contributed by atoms with Crippen molar-refractivity contribution in [2.45, 2.75) is 43.9 Å². The molecule has 1 N–H and O–H groups in total. The van der Waals surface area contributed by atoms with Gasteiger partial charge in [-0.15, -0.1) is 0 Å². The van der Waals surface area contributed by atoms with Crippen molar-refractivity contribution in [3.8, 4) is 0 Å². The van der Waals surface area contributed by atoms with Crippen LogP contribution in [-0.2, 0) is 14.8 Å². The smallest absolute Gasteiger partial charge is 0.254 e. The number of benzene rings is 1. The molecule has 0 saturated carbocycles. The Hall–Kier alpha value is -1.48. The highest BCUT2D eigenvalue weighted by Crippen LogP contribution is 2.26. The average Bonchev–Trinajstić information content (AvgIpc) is 3.37. The summed E-state index contributed by atoms with van der Waals surface area (Å²) in [6.45, 7) is 3.37. The zero-order valence-electron chi connectivity index (χ0n) is 16.1. The molecule has 2 bridgehead atoms. The van der Waals surface area contributed by atoms with Crippen molar-refractivity contribution in [2.24, 2.45) is 0 Å². The van der Waals surface area contributed by atoms with Gasteiger partial charge in [0.15, 0.2) is 0 Å². The van der Waals surface area contributed by atoms with Gasteiger partial charge in [0.2, 0.25) is 10.0 Å². The Bertz CT molecular complexity index is 780. The third-order valence-electron chi connectivity index (χ3n) is 6.11. The summed E-state index contributed by atoms with van der Waals surface area (Å²) in [6, 6.07) is 9.57. The molecule has 1 unspecified atom stereocenters. The molecule has 3 saturated heterocycles. The van der Waals surface area contributed by atoms with Crippen LogP contribution in [0.2, 0.25) is 0 Å². The van der Waals surface area contributed by atoms with Gasteiger partial charge in [-0.2, -0.15) is 0 Å². The maximum absolute atomic E-state index is 12.9. The number of carbonyl (C=O) groups is 1. The summed E-state index contributed by atoms with van der Waals surface area (Å²) >= 11 is 0. The summed E-state index contributed by atoms with van der Waals surface area (Å²) in [5.41, 5.74) is 0.693. The number of piperazine rings is 1. The van der Waals surface area contributed by atoms with Crippen LogP contribution >= 0.6 is 0 Å². The molecule has 154 valence electrons. The lowest BCUT2D eigenvalue weighted by atomic mass is 10.1. The van der Waals surface area contributed by atoms with Gasteiger partial charge in [0, 0.05) is 50.4 Å². The number of nitrogens with one attached hydrogen (secondary N) is 1. The fourth-order valence-electron chi connectivity index (χ4n) is 4.49. The van der Waals surface area contributed by atoms with E-state index >= 15 is 0 Å². The molecule has 7 nitrogen and oxygen atoms in total. The van der Waals surface area contributed by atoms with Gasteiger partial charge in [0.05, 0.1) is 11.9 Å². The predicted octanol–water partition coefficient (Wildman–Crippen LogP) is 1.07. The topological polar surface area (TPSA) is 79.0 Å². The SMILES string of the molecule is O=C(c1ccccc1)N1C[C@@H](CNS(=O)(=O)CC[C@H]2CCCO2)N2CC[C@H]1C2. The van der Waals surface area contributed by atoms with E-state index in [4.69, 9.17) is 4.74 Å². The number of ether oxygens (including phenoxy) is 1. The van der Waals surface area contributed by atoms with E-state index in [1.165, 1.54) is 0 Å². The van der Waals surface area contributed by atoms with Crippen LogP contribution in [0.5, 0.6) is 0 Å². The average molecular weight is 408 g/mol. The van der Waals surface area contributed by atoms with Crippen LogP contribution in [0, 0.1) is 0 Å². The molecule has 3 aliphatic rings. The summed E-state index contributed by atoms with van der Waals surface area (Å²) < 4.78 is 33.1. The maximum Gasteiger partial charge on any atom is 0.254 e. The Morgan fingerprint density at radius 3 is 2.75 bits per heavy atom. The van der Waals surface area contributed by atoms with Gasteiger partial charge in [0.1, 0.15) is 0 Å². The Kier molecular flexibility index (Phi) is 6.01. The van der Waals surface area contributed by atoms with Crippen LogP contribution in [0.15, 0.2) is 30.3 Å². The molecule has 4 rings (SSSR count). The summed E-state index contributed by atoms with van der Waals surface area (Å²) in [6.07, 6.45) is 3.53. The van der Waals surface area contributed by atoms with Gasteiger partial charge in [-0.1, -0.05) is 18.2 Å². The second-order valence-electron chi connectivity index (χ2n) is 8.01. The molecule has 1 amide bonds. The first-order valence-corrected chi connectivity index (χ1v) is 11.9. The third-order valence-corrected chi connectivity index (χ3v) is 7.49. The lowest BCUT2D eigenvalue weighted by molar-refractivity contribution is 0.0502. The van der Waals surface area contributed by atoms with Crippen molar-refractivity contribution >= 4 is 15.9 Å². The number of fused-ring (bicyclic) bond motifs is 2. The summed E-state index contributed by atoms with van der Waals surface area (Å²) in [4.78, 5) is 17.2. The summed E-state index contributed by atoms with van der Waals surface area (Å²) in [5.74, 6) is 0.137. The predicted molar refractivity (Wildman–Crippen MR) is 107 cm³/mol. The zero-order chi connectivity index (χ0) is 19.6. The minimum Gasteiger partial charge on any atom is -0.378 e. The van der Waals surface area contributed by atoms with Gasteiger partial charge in [-0.05, 0) is 37.8 Å². The highest BCUT2D eigenvalue weighted by molar-refractivity contribution is 7.89. The maximum atomic E-state index is 12.9. The summed E-state index contributed by atoms with van der Waals surface area (Å²) in [7, 11) is -3.34. The number of hydrogen-bond donors (Lipinski definition) is 1. The van der Waals surface area contributed by atoms with E-state index in [0.717, 1.165) is 39.0 Å². The van der Waals surface area contributed by atoms with E-state index in [2.05, 4.69) is 9.62 Å². The Labute approximate surface area is 167 Å². The molecule has 4 atom stereocenters. The van der Waals surface area contributed by atoms with E-state index in [0.29, 0.717) is 25.1 Å². The second-order valence-corrected chi connectivity index (χ2v) is 9.93. The number of nitrogens with zero attached hydrogens (tertiary/aromatic N) is 2. The lowest BCUT2D eigenvalue weighted by Crippen LogP contribution is -2.57. The van der Waals surface area contributed by atoms with E-state index in [1.807, 2.05) is 35.2 Å². The quantitative estimate of drug-likeness (QED) is 0.732. The van der Waals surface area contributed by atoms with E-state index < -0.39 is 10.0 Å². The fourth-order valence-corrected chi connectivity index (χ4v) is 5.65. The van der Waals surface area contributed by atoms with Crippen LogP contribution < -0.4 is 4.72 Å². The molecule has 3 heterocycles. The number of carbonyl (C=O) groups excluding carboxylic acids is 1. The van der Waals surface area contributed by atoms with E-state index in [9.17, 15) is 13.2 Å². The lowest BCUT2D eigenvalue weighted by Gasteiger charge is -2.40. The monoisotopic (exact) mass is 407 g/mol. The number of amides is 1. The van der Waals surface area contributed by atoms with Crippen molar-refractivity contribution in [1.29, 1.82) is 0 Å². The number of sulfonamides is 1. The van der Waals surface area contributed by atoms with E-state index in [1.54, 1.807) is 0 Å². The van der Waals surface area contributed by atoms with Crippen molar-refractivity contribution in [1.82, 2.24) is 14.5 Å². The molecule has 1 aromatic carbocycles. The van der Waals surface area contributed by atoms with Gasteiger partial charge in [0.25, 0.3) is 5.91 Å². The minimum absolute atomic E-state index is 0.0175. The van der Waals surface area contributed by atoms with Crippen LogP contribution in [-0.4, -0.2) is 80.9 Å². The van der Waals surface area contributed by atoms with Gasteiger partial charge in [-0.3, -0.25) is 9.69 Å². The molecule has 0 spiro atoms. The molecule has 3 aliphatic heterocycles. The fraction of sp³-hybridized carbons (Fsp3) is 0.650. The number of hydrogen-bond acceptors (Lipinski definition) is 5. The molecule has 28 heavy (non-hydrogen) atoms. The number of rotatable bonds is 7. The zero-order valence-corrected chi connectivity index (χ0v) is 16.9. The van der Waals surface area contributed by atoms with E-state index in [-0.39, 0.29) is 29.8 Å². The first-order chi connectivity index (χ1) is 13.5. The van der Waals surface area contributed by atoms with Gasteiger partial charge >= 0.3 is 0 Å². The first kappa shape index (κ1) is 19.8. The summed E-state index contributed by atoms with van der Waals surface area (Å²) in [5, 5.41) is 0. The standard InChI is InChI=1S/C20H29N3O4S/c24-20(16-5-2-1-3-6-16)23-15-18(22-10-8-17(23)14-22)13-21-28(25,26)12-9-19-7-4-11-27-19/h1-3,5-6,17-19,21H,4,7-15H2/t17-,18+,19+/m0/s1. The van der Waals surface area contributed by atoms with Crippen molar-refractivity contribution < 1.29 is 17.9 Å². The van der Waals surface area contributed by atoms with Crippen molar-refractivity contribution in [2.75, 3.05) is 38.5 Å². The Morgan fingerprint density at radius 1 is 1.18 bits per heavy atom. The normalized spacial score (nSPS) is 29.9. The Morgan fingerprint density at radius 2 is 2.00 bits per heavy atom. The van der Waals surface area contributed by atoms with Crippen LogP contribution in [0.3, 0.4) is 0 Å². The van der Waals surface area contributed by atoms with Crippen molar-refractivity contribution in [3.63, 3.8) is 0 Å². The molecule has 3 fully saturated rings. The largest absolute Gasteiger partial charge is 0.378 e. The molecule has 8 heteroatoms.